The van der Waals surface area contributed by atoms with E-state index in [1.165, 1.54) is 41.7 Å². The lowest BCUT2D eigenvalue weighted by atomic mass is 10.3. The Kier molecular flexibility index (Phi) is 5.95. The number of piperazine rings is 1. The molecule has 1 aliphatic heterocycles. The summed E-state index contributed by atoms with van der Waals surface area (Å²) in [4.78, 5) is 20.8. The van der Waals surface area contributed by atoms with Crippen molar-refractivity contribution in [2.75, 3.05) is 36.8 Å². The van der Waals surface area contributed by atoms with E-state index in [-0.39, 0.29) is 28.8 Å². The minimum absolute atomic E-state index is 0.0721. The maximum Gasteiger partial charge on any atom is 0.223 e. The Labute approximate surface area is 182 Å². The number of sulfone groups is 1. The van der Waals surface area contributed by atoms with Crippen molar-refractivity contribution in [1.82, 2.24) is 9.88 Å². The number of rotatable bonds is 5. The Morgan fingerprint density at radius 3 is 2.47 bits per heavy atom. The Bertz CT molecular complexity index is 1170. The van der Waals surface area contributed by atoms with Crippen molar-refractivity contribution in [1.29, 1.82) is 0 Å². The van der Waals surface area contributed by atoms with Crippen LogP contribution in [0.25, 0.3) is 10.2 Å². The number of anilines is 1. The molecule has 0 aliphatic carbocycles. The van der Waals surface area contributed by atoms with Crippen LogP contribution >= 0.6 is 22.9 Å². The Balaban J connectivity index is 1.33. The molecule has 1 saturated heterocycles. The lowest BCUT2D eigenvalue weighted by Crippen LogP contribution is -2.49. The molecule has 4 rings (SSSR count). The Morgan fingerprint density at radius 2 is 1.80 bits per heavy atom. The first-order valence-corrected chi connectivity index (χ1v) is 12.2. The van der Waals surface area contributed by atoms with Crippen molar-refractivity contribution in [3.8, 4) is 0 Å². The normalized spacial score (nSPS) is 15.0. The highest BCUT2D eigenvalue weighted by Gasteiger charge is 2.25. The molecule has 3 aromatic rings. The number of amides is 1. The summed E-state index contributed by atoms with van der Waals surface area (Å²) in [6.07, 6.45) is -0.0721. The number of carbonyl (C=O) groups excluding carboxylic acids is 1. The molecule has 6 nitrogen and oxygen atoms in total. The van der Waals surface area contributed by atoms with Crippen LogP contribution in [-0.2, 0) is 14.6 Å². The van der Waals surface area contributed by atoms with Crippen molar-refractivity contribution < 1.29 is 17.6 Å². The van der Waals surface area contributed by atoms with E-state index in [4.69, 9.17) is 11.6 Å². The third-order valence-corrected chi connectivity index (χ3v) is 8.08. The smallest absolute Gasteiger partial charge is 0.223 e. The lowest BCUT2D eigenvalue weighted by molar-refractivity contribution is -0.131. The second kappa shape index (κ2) is 8.49. The van der Waals surface area contributed by atoms with Gasteiger partial charge < -0.3 is 9.80 Å². The minimum atomic E-state index is -3.54. The molecule has 1 amide bonds. The topological polar surface area (TPSA) is 70.6 Å². The molecule has 0 N–H and O–H groups in total. The van der Waals surface area contributed by atoms with Gasteiger partial charge >= 0.3 is 0 Å². The van der Waals surface area contributed by atoms with Gasteiger partial charge in [0.05, 0.1) is 15.3 Å². The number of halogens is 2. The molecule has 1 aliphatic rings. The van der Waals surface area contributed by atoms with Crippen molar-refractivity contribution in [2.24, 2.45) is 0 Å². The second-order valence-corrected chi connectivity index (χ2v) is 10.5. The van der Waals surface area contributed by atoms with E-state index in [0.717, 1.165) is 9.83 Å². The standard InChI is InChI=1S/C20H19ClFN3O3S2/c21-14-4-6-15(7-5-14)30(27,28)13-8-18(26)24-9-11-25(12-10-24)20-23-19-16(22)2-1-3-17(19)29-20/h1-7H,8-13H2. The summed E-state index contributed by atoms with van der Waals surface area (Å²) in [5.41, 5.74) is 0.364. The molecule has 2 heterocycles. The molecular formula is C20H19ClFN3O3S2. The van der Waals surface area contributed by atoms with Crippen molar-refractivity contribution in [3.63, 3.8) is 0 Å². The monoisotopic (exact) mass is 467 g/mol. The summed E-state index contributed by atoms with van der Waals surface area (Å²) in [6.45, 7) is 2.07. The fourth-order valence-electron chi connectivity index (χ4n) is 3.33. The average Bonchev–Trinajstić information content (AvgIpc) is 3.18. The number of hydrogen-bond acceptors (Lipinski definition) is 6. The first kappa shape index (κ1) is 21.0. The number of benzene rings is 2. The van der Waals surface area contributed by atoms with Gasteiger partial charge in [0.2, 0.25) is 5.91 Å². The van der Waals surface area contributed by atoms with Gasteiger partial charge in [-0.3, -0.25) is 4.79 Å². The highest BCUT2D eigenvalue weighted by molar-refractivity contribution is 7.91. The number of fused-ring (bicyclic) bond motifs is 1. The molecule has 1 aromatic heterocycles. The first-order valence-electron chi connectivity index (χ1n) is 9.39. The van der Waals surface area contributed by atoms with Gasteiger partial charge in [-0.1, -0.05) is 29.0 Å². The van der Waals surface area contributed by atoms with E-state index >= 15 is 0 Å². The molecular weight excluding hydrogens is 449 g/mol. The van der Waals surface area contributed by atoms with Gasteiger partial charge in [-0.2, -0.15) is 0 Å². The summed E-state index contributed by atoms with van der Waals surface area (Å²) in [5, 5.41) is 1.19. The zero-order valence-electron chi connectivity index (χ0n) is 15.9. The van der Waals surface area contributed by atoms with E-state index in [2.05, 4.69) is 4.98 Å². The maximum absolute atomic E-state index is 13.9. The van der Waals surface area contributed by atoms with Crippen molar-refractivity contribution in [3.05, 3.63) is 53.3 Å². The van der Waals surface area contributed by atoms with Gasteiger partial charge in [-0.25, -0.2) is 17.8 Å². The summed E-state index contributed by atoms with van der Waals surface area (Å²) in [6, 6.07) is 10.8. The Hall–Kier alpha value is -2.23. The molecule has 0 atom stereocenters. The molecule has 0 spiro atoms. The average molecular weight is 468 g/mol. The predicted octanol–water partition coefficient (Wildman–Crippen LogP) is 3.60. The number of carbonyl (C=O) groups is 1. The van der Waals surface area contributed by atoms with Gasteiger partial charge in [0.25, 0.3) is 0 Å². The number of aromatic nitrogens is 1. The quantitative estimate of drug-likeness (QED) is 0.573. The van der Waals surface area contributed by atoms with Crippen LogP contribution in [0.2, 0.25) is 5.02 Å². The number of hydrogen-bond donors (Lipinski definition) is 0. The number of nitrogens with zero attached hydrogens (tertiary/aromatic N) is 3. The van der Waals surface area contributed by atoms with E-state index in [1.807, 2.05) is 11.0 Å². The molecule has 30 heavy (non-hydrogen) atoms. The van der Waals surface area contributed by atoms with Gasteiger partial charge in [0.1, 0.15) is 11.3 Å². The second-order valence-electron chi connectivity index (χ2n) is 6.97. The largest absolute Gasteiger partial charge is 0.345 e. The summed E-state index contributed by atoms with van der Waals surface area (Å²) in [5.74, 6) is -0.779. The first-order chi connectivity index (χ1) is 14.3. The fourth-order valence-corrected chi connectivity index (χ4v) is 5.71. The lowest BCUT2D eigenvalue weighted by Gasteiger charge is -2.34. The van der Waals surface area contributed by atoms with Crippen LogP contribution in [0.15, 0.2) is 47.4 Å². The van der Waals surface area contributed by atoms with Crippen LogP contribution in [0.1, 0.15) is 6.42 Å². The highest BCUT2D eigenvalue weighted by Crippen LogP contribution is 2.30. The summed E-state index contributed by atoms with van der Waals surface area (Å²) >= 11 is 7.22. The minimum Gasteiger partial charge on any atom is -0.345 e. The van der Waals surface area contributed by atoms with E-state index in [9.17, 15) is 17.6 Å². The van der Waals surface area contributed by atoms with Crippen LogP contribution in [0.3, 0.4) is 0 Å². The summed E-state index contributed by atoms with van der Waals surface area (Å²) < 4.78 is 39.5. The van der Waals surface area contributed by atoms with E-state index in [1.54, 1.807) is 11.0 Å². The van der Waals surface area contributed by atoms with Crippen LogP contribution in [0.4, 0.5) is 9.52 Å². The molecule has 0 saturated carbocycles. The molecule has 0 radical (unpaired) electrons. The van der Waals surface area contributed by atoms with E-state index in [0.29, 0.717) is 36.7 Å². The molecule has 158 valence electrons. The summed E-state index contributed by atoms with van der Waals surface area (Å²) in [7, 11) is -3.54. The zero-order chi connectivity index (χ0) is 21.3. The third-order valence-electron chi connectivity index (χ3n) is 5.02. The molecule has 0 bridgehead atoms. The van der Waals surface area contributed by atoms with Crippen molar-refractivity contribution in [2.45, 2.75) is 11.3 Å². The predicted molar refractivity (Wildman–Crippen MR) is 116 cm³/mol. The number of para-hydroxylation sites is 1. The van der Waals surface area contributed by atoms with Crippen LogP contribution in [0.5, 0.6) is 0 Å². The SMILES string of the molecule is O=C(CCS(=O)(=O)c1ccc(Cl)cc1)N1CCN(c2nc3c(F)cccc3s2)CC1. The van der Waals surface area contributed by atoms with Gasteiger partial charge in [0.15, 0.2) is 15.0 Å². The fraction of sp³-hybridized carbons (Fsp3) is 0.300. The van der Waals surface area contributed by atoms with Crippen LogP contribution in [-0.4, -0.2) is 56.1 Å². The highest BCUT2D eigenvalue weighted by atomic mass is 35.5. The molecule has 10 heteroatoms. The van der Waals surface area contributed by atoms with Crippen LogP contribution < -0.4 is 4.90 Å². The molecule has 0 unspecified atom stereocenters. The molecule has 2 aromatic carbocycles. The van der Waals surface area contributed by atoms with Gasteiger partial charge in [-0.15, -0.1) is 0 Å². The van der Waals surface area contributed by atoms with Crippen LogP contribution in [0, 0.1) is 5.82 Å². The molecule has 1 fully saturated rings. The van der Waals surface area contributed by atoms with E-state index < -0.39 is 9.84 Å². The van der Waals surface area contributed by atoms with Gasteiger partial charge in [0, 0.05) is 37.6 Å². The third kappa shape index (κ3) is 4.43. The zero-order valence-corrected chi connectivity index (χ0v) is 18.3. The maximum atomic E-state index is 13.9. The Morgan fingerprint density at radius 1 is 1.10 bits per heavy atom. The van der Waals surface area contributed by atoms with Crippen molar-refractivity contribution >= 4 is 54.0 Å². The number of thiazole rings is 1. The van der Waals surface area contributed by atoms with Gasteiger partial charge in [-0.05, 0) is 36.4 Å².